The van der Waals surface area contributed by atoms with Crippen LogP contribution in [0.15, 0.2) is 0 Å². The zero-order chi connectivity index (χ0) is 10.6. The third-order valence-electron chi connectivity index (χ3n) is 1.44. The Labute approximate surface area is 85.1 Å². The maximum absolute atomic E-state index is 10.8. The summed E-state index contributed by atoms with van der Waals surface area (Å²) < 4.78 is 0. The predicted octanol–water partition coefficient (Wildman–Crippen LogP) is -0.102. The first-order valence-electron chi connectivity index (χ1n) is 3.99. The van der Waals surface area contributed by atoms with Gasteiger partial charge in [0.05, 0.1) is 11.6 Å². The van der Waals surface area contributed by atoms with E-state index in [4.69, 9.17) is 5.11 Å². The SMILES string of the molecule is CC1OO1.O=C(O)CN1CSCC1=O. The summed E-state index contributed by atoms with van der Waals surface area (Å²) in [6.07, 6.45) is 0.0833. The molecule has 0 bridgehead atoms. The van der Waals surface area contributed by atoms with Crippen LogP contribution >= 0.6 is 11.8 Å². The van der Waals surface area contributed by atoms with Crippen molar-refractivity contribution in [3.63, 3.8) is 0 Å². The summed E-state index contributed by atoms with van der Waals surface area (Å²) in [7, 11) is 0. The van der Waals surface area contributed by atoms with E-state index in [0.717, 1.165) is 0 Å². The summed E-state index contributed by atoms with van der Waals surface area (Å²) in [4.78, 5) is 30.6. The van der Waals surface area contributed by atoms with Crippen LogP contribution in [0.1, 0.15) is 6.92 Å². The van der Waals surface area contributed by atoms with Crippen LogP contribution in [0.2, 0.25) is 0 Å². The molecule has 2 fully saturated rings. The zero-order valence-corrected chi connectivity index (χ0v) is 8.45. The highest BCUT2D eigenvalue weighted by atomic mass is 32.2. The molecule has 0 aliphatic carbocycles. The lowest BCUT2D eigenvalue weighted by Gasteiger charge is -2.09. The second kappa shape index (κ2) is 5.18. The monoisotopic (exact) mass is 221 g/mol. The van der Waals surface area contributed by atoms with Gasteiger partial charge in [0.15, 0.2) is 0 Å². The van der Waals surface area contributed by atoms with E-state index in [1.165, 1.54) is 16.7 Å². The van der Waals surface area contributed by atoms with Crippen LogP contribution in [0.4, 0.5) is 0 Å². The molecule has 0 atom stereocenters. The number of carbonyl (C=O) groups excluding carboxylic acids is 1. The number of thioether (sulfide) groups is 1. The Kier molecular flexibility index (Phi) is 4.18. The van der Waals surface area contributed by atoms with Crippen LogP contribution in [-0.2, 0) is 19.4 Å². The highest BCUT2D eigenvalue weighted by Gasteiger charge is 2.22. The van der Waals surface area contributed by atoms with Gasteiger partial charge >= 0.3 is 5.97 Å². The highest BCUT2D eigenvalue weighted by Crippen LogP contribution is 2.13. The van der Waals surface area contributed by atoms with E-state index >= 15 is 0 Å². The average Bonchev–Trinajstić information content (AvgIpc) is 2.77. The number of carboxylic acid groups (broad SMARTS) is 1. The minimum Gasteiger partial charge on any atom is -0.480 e. The van der Waals surface area contributed by atoms with E-state index in [9.17, 15) is 9.59 Å². The molecule has 7 heteroatoms. The molecule has 0 aromatic rings. The molecular weight excluding hydrogens is 210 g/mol. The van der Waals surface area contributed by atoms with Crippen molar-refractivity contribution in [1.82, 2.24) is 4.90 Å². The largest absolute Gasteiger partial charge is 0.480 e. The number of rotatable bonds is 2. The number of hydrogen-bond acceptors (Lipinski definition) is 5. The fourth-order valence-electron chi connectivity index (χ4n) is 0.759. The van der Waals surface area contributed by atoms with Gasteiger partial charge in [0.25, 0.3) is 0 Å². The summed E-state index contributed by atoms with van der Waals surface area (Å²) in [5.41, 5.74) is 0. The molecule has 2 rings (SSSR count). The third-order valence-corrected chi connectivity index (χ3v) is 2.39. The number of carboxylic acids is 1. The molecule has 0 radical (unpaired) electrons. The zero-order valence-electron chi connectivity index (χ0n) is 7.63. The van der Waals surface area contributed by atoms with Crippen LogP contribution in [0.3, 0.4) is 0 Å². The van der Waals surface area contributed by atoms with E-state index in [0.29, 0.717) is 11.6 Å². The Morgan fingerprint density at radius 2 is 2.29 bits per heavy atom. The van der Waals surface area contributed by atoms with Gasteiger partial charge in [0, 0.05) is 0 Å². The lowest BCUT2D eigenvalue weighted by Crippen LogP contribution is -2.31. The quantitative estimate of drug-likeness (QED) is 0.518. The Morgan fingerprint density at radius 3 is 2.57 bits per heavy atom. The molecule has 0 aromatic heterocycles. The molecule has 2 saturated heterocycles. The molecule has 6 nitrogen and oxygen atoms in total. The van der Waals surface area contributed by atoms with Gasteiger partial charge in [-0.15, -0.1) is 11.8 Å². The lowest BCUT2D eigenvalue weighted by molar-refractivity contribution is -0.142. The number of nitrogens with zero attached hydrogens (tertiary/aromatic N) is 1. The number of carbonyl (C=O) groups is 2. The van der Waals surface area contributed by atoms with Gasteiger partial charge in [-0.25, -0.2) is 0 Å². The number of aliphatic carboxylic acids is 1. The lowest BCUT2D eigenvalue weighted by atomic mass is 10.5. The summed E-state index contributed by atoms with van der Waals surface area (Å²) in [6.45, 7) is 1.67. The Bertz CT molecular complexity index is 230. The summed E-state index contributed by atoms with van der Waals surface area (Å²) in [6, 6.07) is 0. The van der Waals surface area contributed by atoms with Gasteiger partial charge in [0.1, 0.15) is 6.54 Å². The van der Waals surface area contributed by atoms with Crippen molar-refractivity contribution >= 4 is 23.6 Å². The number of amides is 1. The number of hydrogen-bond donors (Lipinski definition) is 1. The van der Waals surface area contributed by atoms with Gasteiger partial charge < -0.3 is 10.0 Å². The molecule has 80 valence electrons. The van der Waals surface area contributed by atoms with Crippen LogP contribution in [0.25, 0.3) is 0 Å². The van der Waals surface area contributed by atoms with Crippen molar-refractivity contribution in [2.45, 2.75) is 13.2 Å². The molecule has 14 heavy (non-hydrogen) atoms. The van der Waals surface area contributed by atoms with E-state index in [1.54, 1.807) is 0 Å². The molecular formula is C7H11NO5S. The average molecular weight is 221 g/mol. The maximum Gasteiger partial charge on any atom is 0.323 e. The Morgan fingerprint density at radius 1 is 1.71 bits per heavy atom. The van der Waals surface area contributed by atoms with Crippen molar-refractivity contribution in [1.29, 1.82) is 0 Å². The molecule has 0 spiro atoms. The highest BCUT2D eigenvalue weighted by molar-refractivity contribution is 8.00. The van der Waals surface area contributed by atoms with Gasteiger partial charge in [-0.3, -0.25) is 9.59 Å². The van der Waals surface area contributed by atoms with E-state index in [1.807, 2.05) is 6.92 Å². The predicted molar refractivity (Wildman–Crippen MR) is 48.3 cm³/mol. The normalized spacial score (nSPS) is 20.4. The van der Waals surface area contributed by atoms with Crippen molar-refractivity contribution in [3.05, 3.63) is 0 Å². The molecule has 0 saturated carbocycles. The third kappa shape index (κ3) is 4.45. The van der Waals surface area contributed by atoms with Crippen LogP contribution in [0.5, 0.6) is 0 Å². The minimum atomic E-state index is -0.948. The first-order chi connectivity index (χ1) is 6.59. The second-order valence-corrected chi connectivity index (χ2v) is 3.68. The summed E-state index contributed by atoms with van der Waals surface area (Å²) in [5, 5.41) is 8.29. The van der Waals surface area contributed by atoms with E-state index in [2.05, 4.69) is 9.78 Å². The smallest absolute Gasteiger partial charge is 0.323 e. The second-order valence-electron chi connectivity index (χ2n) is 2.72. The van der Waals surface area contributed by atoms with Crippen LogP contribution in [-0.4, -0.2) is 46.3 Å². The Hall–Kier alpha value is -0.790. The van der Waals surface area contributed by atoms with E-state index in [-0.39, 0.29) is 18.7 Å². The van der Waals surface area contributed by atoms with Crippen molar-refractivity contribution in [2.75, 3.05) is 18.2 Å². The van der Waals surface area contributed by atoms with Gasteiger partial charge in [-0.05, 0) is 6.92 Å². The standard InChI is InChI=1S/C5H7NO3S.C2H4O2/c7-4-2-10-3-6(4)1-5(8)9;1-2-3-4-2/h1-3H2,(H,8,9);2H,1H3. The summed E-state index contributed by atoms with van der Waals surface area (Å²) >= 11 is 1.45. The van der Waals surface area contributed by atoms with Gasteiger partial charge in [0.2, 0.25) is 12.2 Å². The molecule has 1 N–H and O–H groups in total. The first kappa shape index (κ1) is 11.3. The fourth-order valence-corrected chi connectivity index (χ4v) is 1.66. The first-order valence-corrected chi connectivity index (χ1v) is 5.14. The van der Waals surface area contributed by atoms with Crippen molar-refractivity contribution in [3.8, 4) is 0 Å². The van der Waals surface area contributed by atoms with Crippen molar-refractivity contribution < 1.29 is 24.5 Å². The van der Waals surface area contributed by atoms with Crippen molar-refractivity contribution in [2.24, 2.45) is 0 Å². The summed E-state index contributed by atoms with van der Waals surface area (Å²) in [5.74, 6) is -0.0819. The van der Waals surface area contributed by atoms with Gasteiger partial charge in [-0.1, -0.05) is 0 Å². The Balaban J connectivity index is 0.000000203. The topological polar surface area (TPSA) is 82.7 Å². The molecule has 0 unspecified atom stereocenters. The maximum atomic E-state index is 10.8. The molecule has 2 aliphatic rings. The van der Waals surface area contributed by atoms with Crippen LogP contribution in [0, 0.1) is 0 Å². The fraction of sp³-hybridized carbons (Fsp3) is 0.714. The minimum absolute atomic E-state index is 0.0765. The molecule has 0 aromatic carbocycles. The molecule has 2 aliphatic heterocycles. The van der Waals surface area contributed by atoms with E-state index < -0.39 is 5.97 Å². The van der Waals surface area contributed by atoms with Gasteiger partial charge in [-0.2, -0.15) is 9.78 Å². The molecule has 1 amide bonds. The molecule has 2 heterocycles. The van der Waals surface area contributed by atoms with Crippen LogP contribution < -0.4 is 0 Å².